The van der Waals surface area contributed by atoms with E-state index in [9.17, 15) is 18.0 Å². The number of primary amides is 1. The number of benzene rings is 1. The summed E-state index contributed by atoms with van der Waals surface area (Å²) in [5.41, 5.74) is 5.61. The summed E-state index contributed by atoms with van der Waals surface area (Å²) in [5, 5.41) is 0. The molecule has 0 fully saturated rings. The first-order valence-corrected chi connectivity index (χ1v) is 6.02. The molecule has 1 aliphatic rings. The van der Waals surface area contributed by atoms with Crippen molar-refractivity contribution in [2.24, 2.45) is 5.73 Å². The molecule has 0 aromatic heterocycles. The number of nitrogens with zero attached hydrogens (tertiary/aromatic N) is 1. The standard InChI is InChI=1S/C13H15F3N2O/c1-8(12(17)19)18-6-5-10-9(7-18)3-2-4-11(10)13(14,15)16/h2-4,8H,5-7H2,1H3,(H2,17,19). The lowest BCUT2D eigenvalue weighted by atomic mass is 9.93. The van der Waals surface area contributed by atoms with Crippen molar-refractivity contribution in [2.75, 3.05) is 6.54 Å². The van der Waals surface area contributed by atoms with Crippen molar-refractivity contribution in [1.82, 2.24) is 4.90 Å². The minimum Gasteiger partial charge on any atom is -0.368 e. The van der Waals surface area contributed by atoms with Crippen molar-refractivity contribution in [3.05, 3.63) is 34.9 Å². The van der Waals surface area contributed by atoms with E-state index < -0.39 is 23.7 Å². The molecule has 1 aliphatic heterocycles. The van der Waals surface area contributed by atoms with E-state index in [1.54, 1.807) is 17.9 Å². The molecule has 0 radical (unpaired) electrons. The van der Waals surface area contributed by atoms with Crippen molar-refractivity contribution in [3.63, 3.8) is 0 Å². The van der Waals surface area contributed by atoms with Gasteiger partial charge in [0.2, 0.25) is 5.91 Å². The van der Waals surface area contributed by atoms with Crippen LogP contribution in [-0.2, 0) is 23.9 Å². The normalized spacial score (nSPS) is 17.9. The fourth-order valence-corrected chi connectivity index (χ4v) is 2.41. The third-order valence-corrected chi connectivity index (χ3v) is 3.56. The fraction of sp³-hybridized carbons (Fsp3) is 0.462. The molecule has 0 saturated carbocycles. The highest BCUT2D eigenvalue weighted by molar-refractivity contribution is 5.79. The Balaban J connectivity index is 2.31. The van der Waals surface area contributed by atoms with Crippen LogP contribution in [0.3, 0.4) is 0 Å². The van der Waals surface area contributed by atoms with Crippen LogP contribution in [-0.4, -0.2) is 23.4 Å². The summed E-state index contributed by atoms with van der Waals surface area (Å²) in [6.07, 6.45) is -4.05. The molecule has 1 aromatic rings. The van der Waals surface area contributed by atoms with Crippen LogP contribution in [0.1, 0.15) is 23.6 Å². The van der Waals surface area contributed by atoms with Crippen molar-refractivity contribution < 1.29 is 18.0 Å². The Bertz CT molecular complexity index is 499. The summed E-state index contributed by atoms with van der Waals surface area (Å²) in [5.74, 6) is -0.463. The molecule has 19 heavy (non-hydrogen) atoms. The molecule has 1 atom stereocenters. The number of rotatable bonds is 2. The number of carbonyl (C=O) groups is 1. The molecule has 1 heterocycles. The van der Waals surface area contributed by atoms with Gasteiger partial charge in [0.15, 0.2) is 0 Å². The lowest BCUT2D eigenvalue weighted by Gasteiger charge is -2.33. The fourth-order valence-electron chi connectivity index (χ4n) is 2.41. The van der Waals surface area contributed by atoms with Gasteiger partial charge in [-0.25, -0.2) is 0 Å². The van der Waals surface area contributed by atoms with Gasteiger partial charge >= 0.3 is 6.18 Å². The first kappa shape index (κ1) is 13.9. The smallest absolute Gasteiger partial charge is 0.368 e. The molecule has 2 rings (SSSR count). The van der Waals surface area contributed by atoms with Crippen LogP contribution in [0.2, 0.25) is 0 Å². The van der Waals surface area contributed by atoms with Gasteiger partial charge in [0.25, 0.3) is 0 Å². The van der Waals surface area contributed by atoms with Gasteiger partial charge < -0.3 is 5.73 Å². The zero-order chi connectivity index (χ0) is 14.2. The third kappa shape index (κ3) is 2.73. The molecule has 6 heteroatoms. The van der Waals surface area contributed by atoms with E-state index >= 15 is 0 Å². The molecule has 2 N–H and O–H groups in total. The Morgan fingerprint density at radius 3 is 2.68 bits per heavy atom. The predicted molar refractivity (Wildman–Crippen MR) is 64.2 cm³/mol. The first-order valence-electron chi connectivity index (χ1n) is 6.02. The largest absolute Gasteiger partial charge is 0.416 e. The molecule has 104 valence electrons. The maximum Gasteiger partial charge on any atom is 0.416 e. The number of carbonyl (C=O) groups excluding carboxylic acids is 1. The minimum atomic E-state index is -4.33. The highest BCUT2D eigenvalue weighted by Gasteiger charge is 2.35. The topological polar surface area (TPSA) is 46.3 Å². The van der Waals surface area contributed by atoms with Gasteiger partial charge in [-0.05, 0) is 30.5 Å². The average Bonchev–Trinajstić information content (AvgIpc) is 2.35. The van der Waals surface area contributed by atoms with Gasteiger partial charge in [-0.15, -0.1) is 0 Å². The number of hydrogen-bond acceptors (Lipinski definition) is 2. The van der Waals surface area contributed by atoms with Gasteiger partial charge in [-0.3, -0.25) is 9.69 Å². The van der Waals surface area contributed by atoms with Crippen LogP contribution in [0.25, 0.3) is 0 Å². The van der Waals surface area contributed by atoms with Crippen molar-refractivity contribution >= 4 is 5.91 Å². The van der Waals surface area contributed by atoms with E-state index in [0.29, 0.717) is 24.2 Å². The van der Waals surface area contributed by atoms with Crippen LogP contribution >= 0.6 is 0 Å². The Kier molecular flexibility index (Phi) is 3.54. The predicted octanol–water partition coefficient (Wildman–Crippen LogP) is 1.94. The Labute approximate surface area is 109 Å². The lowest BCUT2D eigenvalue weighted by Crippen LogP contribution is -2.45. The molecular formula is C13H15F3N2O. The maximum absolute atomic E-state index is 12.9. The zero-order valence-electron chi connectivity index (χ0n) is 10.5. The molecule has 0 bridgehead atoms. The number of alkyl halides is 3. The first-order chi connectivity index (χ1) is 8.80. The monoisotopic (exact) mass is 272 g/mol. The quantitative estimate of drug-likeness (QED) is 0.894. The summed E-state index contributed by atoms with van der Waals surface area (Å²) in [6, 6.07) is 3.71. The highest BCUT2D eigenvalue weighted by Crippen LogP contribution is 2.35. The molecule has 3 nitrogen and oxygen atoms in total. The molecule has 1 unspecified atom stereocenters. The van der Waals surface area contributed by atoms with Gasteiger partial charge in [-0.2, -0.15) is 13.2 Å². The van der Waals surface area contributed by atoms with E-state index in [2.05, 4.69) is 0 Å². The van der Waals surface area contributed by atoms with E-state index in [4.69, 9.17) is 5.73 Å². The number of hydrogen-bond donors (Lipinski definition) is 1. The van der Waals surface area contributed by atoms with E-state index in [1.165, 1.54) is 6.07 Å². The summed E-state index contributed by atoms with van der Waals surface area (Å²) in [6.45, 7) is 2.40. The van der Waals surface area contributed by atoms with E-state index in [1.807, 2.05) is 0 Å². The van der Waals surface area contributed by atoms with Crippen molar-refractivity contribution in [3.8, 4) is 0 Å². The summed E-state index contributed by atoms with van der Waals surface area (Å²) in [7, 11) is 0. The Morgan fingerprint density at radius 2 is 2.11 bits per heavy atom. The lowest BCUT2D eigenvalue weighted by molar-refractivity contribution is -0.138. The molecule has 0 spiro atoms. The molecule has 1 amide bonds. The second-order valence-electron chi connectivity index (χ2n) is 4.74. The Hall–Kier alpha value is -1.56. The van der Waals surface area contributed by atoms with Crippen LogP contribution in [0.4, 0.5) is 13.2 Å². The minimum absolute atomic E-state index is 0.280. The van der Waals surface area contributed by atoms with Crippen LogP contribution in [0, 0.1) is 0 Å². The highest BCUT2D eigenvalue weighted by atomic mass is 19.4. The number of halogens is 3. The van der Waals surface area contributed by atoms with Gasteiger partial charge in [-0.1, -0.05) is 12.1 Å². The van der Waals surface area contributed by atoms with E-state index in [0.717, 1.165) is 6.07 Å². The number of nitrogens with two attached hydrogens (primary N) is 1. The third-order valence-electron chi connectivity index (χ3n) is 3.56. The molecule has 0 aliphatic carbocycles. The molecule has 0 saturated heterocycles. The molecular weight excluding hydrogens is 257 g/mol. The summed E-state index contributed by atoms with van der Waals surface area (Å²) >= 11 is 0. The number of fused-ring (bicyclic) bond motifs is 1. The average molecular weight is 272 g/mol. The SMILES string of the molecule is CC(C(N)=O)N1CCc2c(cccc2C(F)(F)F)C1. The zero-order valence-corrected chi connectivity index (χ0v) is 10.5. The van der Waals surface area contributed by atoms with Gasteiger partial charge in [0.1, 0.15) is 0 Å². The van der Waals surface area contributed by atoms with Crippen molar-refractivity contribution in [2.45, 2.75) is 32.1 Å². The van der Waals surface area contributed by atoms with Crippen molar-refractivity contribution in [1.29, 1.82) is 0 Å². The van der Waals surface area contributed by atoms with E-state index in [-0.39, 0.29) is 6.42 Å². The Morgan fingerprint density at radius 1 is 1.42 bits per heavy atom. The summed E-state index contributed by atoms with van der Waals surface area (Å²) < 4.78 is 38.6. The molecule has 1 aromatic carbocycles. The van der Waals surface area contributed by atoms with Crippen LogP contribution < -0.4 is 5.73 Å². The maximum atomic E-state index is 12.9. The van der Waals surface area contributed by atoms with Gasteiger partial charge in [0, 0.05) is 13.1 Å². The van der Waals surface area contributed by atoms with Crippen LogP contribution in [0.5, 0.6) is 0 Å². The number of amides is 1. The second-order valence-corrected chi connectivity index (χ2v) is 4.74. The summed E-state index contributed by atoms with van der Waals surface area (Å²) in [4.78, 5) is 12.9. The van der Waals surface area contributed by atoms with Crippen LogP contribution in [0.15, 0.2) is 18.2 Å². The van der Waals surface area contributed by atoms with Gasteiger partial charge in [0.05, 0.1) is 11.6 Å². The second kappa shape index (κ2) is 4.85.